The Kier molecular flexibility index (Phi) is 3.48. The molecule has 0 aromatic carbocycles. The van der Waals surface area contributed by atoms with Crippen molar-refractivity contribution in [2.75, 3.05) is 0 Å². The normalized spacial score (nSPS) is 12.2. The summed E-state index contributed by atoms with van der Waals surface area (Å²) >= 11 is 3.25. The van der Waals surface area contributed by atoms with Crippen LogP contribution in [0.1, 0.15) is 27.0 Å². The van der Waals surface area contributed by atoms with Crippen LogP contribution >= 0.6 is 22.7 Å². The minimum absolute atomic E-state index is 0.121. The van der Waals surface area contributed by atoms with E-state index in [9.17, 15) is 4.79 Å². The van der Waals surface area contributed by atoms with Crippen LogP contribution in [0.3, 0.4) is 0 Å². The average molecular weight is 289 g/mol. The van der Waals surface area contributed by atoms with Crippen molar-refractivity contribution in [1.29, 1.82) is 0 Å². The van der Waals surface area contributed by atoms with Crippen molar-refractivity contribution in [2.45, 2.75) is 6.04 Å². The van der Waals surface area contributed by atoms with Gasteiger partial charge in [0.2, 0.25) is 0 Å². The molecule has 0 radical (unpaired) electrons. The second-order valence-electron chi connectivity index (χ2n) is 3.96. The van der Waals surface area contributed by atoms with Crippen LogP contribution in [-0.4, -0.2) is 5.91 Å². The summed E-state index contributed by atoms with van der Waals surface area (Å²) in [5.41, 5.74) is 1.09. The first-order valence-electron chi connectivity index (χ1n) is 5.74. The second-order valence-corrected chi connectivity index (χ2v) is 5.72. The molecule has 0 bridgehead atoms. The summed E-state index contributed by atoms with van der Waals surface area (Å²) in [4.78, 5) is 13.2. The lowest BCUT2D eigenvalue weighted by molar-refractivity contribution is 0.0915. The summed E-state index contributed by atoms with van der Waals surface area (Å²) in [7, 11) is 0. The van der Waals surface area contributed by atoms with Gasteiger partial charge in [-0.05, 0) is 46.0 Å². The fraction of sp³-hybridized carbons (Fsp3) is 0.0714. The smallest absolute Gasteiger partial charge is 0.287 e. The van der Waals surface area contributed by atoms with Gasteiger partial charge in [0.15, 0.2) is 5.76 Å². The summed E-state index contributed by atoms with van der Waals surface area (Å²) in [6, 6.07) is 9.28. The van der Waals surface area contributed by atoms with Crippen LogP contribution in [0.5, 0.6) is 0 Å². The minimum Gasteiger partial charge on any atom is -0.459 e. The third kappa shape index (κ3) is 2.62. The second kappa shape index (κ2) is 5.42. The van der Waals surface area contributed by atoms with E-state index in [0.717, 1.165) is 10.4 Å². The molecule has 1 amide bonds. The highest BCUT2D eigenvalue weighted by Crippen LogP contribution is 2.27. The highest BCUT2D eigenvalue weighted by atomic mass is 32.1. The standard InChI is InChI=1S/C14H11NO2S2/c16-14(11-3-1-6-17-11)15-13(10-5-8-18-9-10)12-4-2-7-19-12/h1-9,13H,(H,15,16)/t13-/m0/s1. The molecule has 1 N–H and O–H groups in total. The Labute approximate surface area is 118 Å². The van der Waals surface area contributed by atoms with Crippen LogP contribution in [0.4, 0.5) is 0 Å². The third-order valence-electron chi connectivity index (χ3n) is 2.72. The topological polar surface area (TPSA) is 42.2 Å². The van der Waals surface area contributed by atoms with Crippen LogP contribution in [0.15, 0.2) is 57.2 Å². The van der Waals surface area contributed by atoms with Gasteiger partial charge in [0.25, 0.3) is 5.91 Å². The van der Waals surface area contributed by atoms with Crippen LogP contribution < -0.4 is 5.32 Å². The molecule has 0 spiro atoms. The van der Waals surface area contributed by atoms with Gasteiger partial charge < -0.3 is 9.73 Å². The summed E-state index contributed by atoms with van der Waals surface area (Å²) in [6.07, 6.45) is 1.50. The van der Waals surface area contributed by atoms with Crippen LogP contribution in [0, 0.1) is 0 Å². The highest BCUT2D eigenvalue weighted by molar-refractivity contribution is 7.10. The molecule has 0 unspecified atom stereocenters. The molecule has 0 fully saturated rings. The van der Waals surface area contributed by atoms with E-state index in [1.807, 2.05) is 34.3 Å². The molecule has 0 aliphatic heterocycles. The van der Waals surface area contributed by atoms with Crippen molar-refractivity contribution < 1.29 is 9.21 Å². The first-order chi connectivity index (χ1) is 9.34. The molecular weight excluding hydrogens is 278 g/mol. The Balaban J connectivity index is 1.87. The highest BCUT2D eigenvalue weighted by Gasteiger charge is 2.20. The molecule has 19 heavy (non-hydrogen) atoms. The molecule has 3 rings (SSSR count). The SMILES string of the molecule is O=C(N[C@@H](c1ccsc1)c1cccs1)c1ccco1. The van der Waals surface area contributed by atoms with Crippen LogP contribution in [0.25, 0.3) is 0 Å². The lowest BCUT2D eigenvalue weighted by Gasteiger charge is -2.15. The summed E-state index contributed by atoms with van der Waals surface area (Å²) in [6.45, 7) is 0. The Morgan fingerprint density at radius 2 is 2.16 bits per heavy atom. The number of amides is 1. The van der Waals surface area contributed by atoms with E-state index < -0.39 is 0 Å². The van der Waals surface area contributed by atoms with Gasteiger partial charge in [-0.15, -0.1) is 11.3 Å². The first kappa shape index (κ1) is 12.2. The summed E-state index contributed by atoms with van der Waals surface area (Å²) < 4.78 is 5.12. The monoisotopic (exact) mass is 289 g/mol. The molecule has 1 atom stereocenters. The molecule has 5 heteroatoms. The molecule has 0 aliphatic rings. The maximum atomic E-state index is 12.1. The number of carbonyl (C=O) groups excluding carboxylic acids is 1. The molecule has 3 aromatic heterocycles. The average Bonchev–Trinajstić information content (AvgIpc) is 3.17. The maximum Gasteiger partial charge on any atom is 0.287 e. The number of rotatable bonds is 4. The quantitative estimate of drug-likeness (QED) is 0.791. The van der Waals surface area contributed by atoms with E-state index in [2.05, 4.69) is 5.32 Å². The summed E-state index contributed by atoms with van der Waals surface area (Å²) in [5.74, 6) is 0.131. The Bertz CT molecular complexity index is 593. The Hall–Kier alpha value is -1.85. The van der Waals surface area contributed by atoms with Gasteiger partial charge >= 0.3 is 0 Å². The Morgan fingerprint density at radius 3 is 2.79 bits per heavy atom. The number of furan rings is 1. The predicted molar refractivity (Wildman–Crippen MR) is 76.7 cm³/mol. The molecule has 3 heterocycles. The number of hydrogen-bond donors (Lipinski definition) is 1. The van der Waals surface area contributed by atoms with Gasteiger partial charge in [-0.1, -0.05) is 6.07 Å². The predicted octanol–water partition coefficient (Wildman–Crippen LogP) is 3.92. The zero-order valence-corrected chi connectivity index (χ0v) is 11.5. The largest absolute Gasteiger partial charge is 0.459 e. The zero-order valence-electron chi connectivity index (χ0n) is 9.91. The molecule has 0 saturated heterocycles. The zero-order chi connectivity index (χ0) is 13.1. The van der Waals surface area contributed by atoms with E-state index in [1.165, 1.54) is 6.26 Å². The number of thiophene rings is 2. The van der Waals surface area contributed by atoms with E-state index >= 15 is 0 Å². The fourth-order valence-electron chi connectivity index (χ4n) is 1.82. The number of nitrogens with one attached hydrogen (secondary N) is 1. The first-order valence-corrected chi connectivity index (χ1v) is 7.57. The van der Waals surface area contributed by atoms with E-state index in [0.29, 0.717) is 5.76 Å². The molecule has 96 valence electrons. The van der Waals surface area contributed by atoms with E-state index in [-0.39, 0.29) is 11.9 Å². The lowest BCUT2D eigenvalue weighted by atomic mass is 10.1. The van der Waals surface area contributed by atoms with Gasteiger partial charge in [-0.25, -0.2) is 0 Å². The van der Waals surface area contributed by atoms with Crippen molar-refractivity contribution in [3.05, 3.63) is 68.9 Å². The maximum absolute atomic E-state index is 12.1. The Morgan fingerprint density at radius 1 is 1.21 bits per heavy atom. The van der Waals surface area contributed by atoms with Gasteiger partial charge in [-0.2, -0.15) is 11.3 Å². The van der Waals surface area contributed by atoms with Crippen LogP contribution in [-0.2, 0) is 0 Å². The molecule has 3 nitrogen and oxygen atoms in total. The van der Waals surface area contributed by atoms with E-state index in [1.54, 1.807) is 34.8 Å². The third-order valence-corrected chi connectivity index (χ3v) is 4.36. The van der Waals surface area contributed by atoms with Gasteiger partial charge in [0.05, 0.1) is 12.3 Å². The molecular formula is C14H11NO2S2. The number of hydrogen-bond acceptors (Lipinski definition) is 4. The van der Waals surface area contributed by atoms with Crippen molar-refractivity contribution in [3.63, 3.8) is 0 Å². The molecule has 3 aromatic rings. The van der Waals surface area contributed by atoms with Gasteiger partial charge in [0, 0.05) is 4.88 Å². The minimum atomic E-state index is -0.199. The van der Waals surface area contributed by atoms with Crippen molar-refractivity contribution in [2.24, 2.45) is 0 Å². The van der Waals surface area contributed by atoms with Crippen molar-refractivity contribution in [1.82, 2.24) is 5.32 Å². The number of carbonyl (C=O) groups is 1. The van der Waals surface area contributed by atoms with Crippen molar-refractivity contribution >= 4 is 28.6 Å². The van der Waals surface area contributed by atoms with Gasteiger partial charge in [0.1, 0.15) is 0 Å². The molecule has 0 aliphatic carbocycles. The van der Waals surface area contributed by atoms with Crippen molar-refractivity contribution in [3.8, 4) is 0 Å². The van der Waals surface area contributed by atoms with Crippen LogP contribution in [0.2, 0.25) is 0 Å². The lowest BCUT2D eigenvalue weighted by Crippen LogP contribution is -2.28. The van der Waals surface area contributed by atoms with E-state index in [4.69, 9.17) is 4.42 Å². The fourth-order valence-corrected chi connectivity index (χ4v) is 3.31. The molecule has 0 saturated carbocycles. The van der Waals surface area contributed by atoms with Gasteiger partial charge in [-0.3, -0.25) is 4.79 Å². The summed E-state index contributed by atoms with van der Waals surface area (Å²) in [5, 5.41) is 9.07.